The van der Waals surface area contributed by atoms with Crippen LogP contribution in [0.3, 0.4) is 0 Å². The standard InChI is InChI=1S/C17H13Cl2N5O2/c18-11-2-1-10-12(5-8-26-16(10)15(11)19)21-17(25)13-3-4-14(23-22-13)24-7-6-20-9-24/h1-4,6-7,9,12H,5,8H2,(H,21,25). The predicted octanol–water partition coefficient (Wildman–Crippen LogP) is 3.22. The van der Waals surface area contributed by atoms with Crippen LogP contribution in [0.1, 0.15) is 28.5 Å². The first-order valence-corrected chi connectivity index (χ1v) is 8.62. The molecule has 2 aromatic heterocycles. The number of hydrogen-bond acceptors (Lipinski definition) is 5. The van der Waals surface area contributed by atoms with Gasteiger partial charge in [0, 0.05) is 24.4 Å². The Morgan fingerprint density at radius 2 is 2.12 bits per heavy atom. The topological polar surface area (TPSA) is 81.9 Å². The van der Waals surface area contributed by atoms with E-state index in [4.69, 9.17) is 27.9 Å². The Bertz CT molecular complexity index is 945. The third-order valence-electron chi connectivity index (χ3n) is 4.07. The van der Waals surface area contributed by atoms with Gasteiger partial charge in [0.15, 0.2) is 11.5 Å². The van der Waals surface area contributed by atoms with Crippen LogP contribution in [0, 0.1) is 0 Å². The van der Waals surface area contributed by atoms with Crippen molar-refractivity contribution in [1.29, 1.82) is 0 Å². The van der Waals surface area contributed by atoms with Gasteiger partial charge in [-0.15, -0.1) is 10.2 Å². The van der Waals surface area contributed by atoms with Crippen LogP contribution in [-0.4, -0.2) is 32.3 Å². The summed E-state index contributed by atoms with van der Waals surface area (Å²) in [5.74, 6) is 0.771. The zero-order valence-corrected chi connectivity index (χ0v) is 14.9. The highest BCUT2D eigenvalue weighted by Crippen LogP contribution is 2.41. The quantitative estimate of drug-likeness (QED) is 0.743. The minimum atomic E-state index is -0.321. The molecular formula is C17H13Cl2N5O2. The molecule has 1 amide bonds. The average molecular weight is 390 g/mol. The minimum Gasteiger partial charge on any atom is -0.492 e. The molecule has 0 spiro atoms. The van der Waals surface area contributed by atoms with Gasteiger partial charge in [-0.25, -0.2) is 4.98 Å². The van der Waals surface area contributed by atoms with Gasteiger partial charge in [-0.3, -0.25) is 9.36 Å². The van der Waals surface area contributed by atoms with E-state index in [1.807, 2.05) is 6.07 Å². The van der Waals surface area contributed by atoms with Gasteiger partial charge in [0.2, 0.25) is 0 Å². The molecule has 1 aromatic carbocycles. The summed E-state index contributed by atoms with van der Waals surface area (Å²) >= 11 is 12.2. The van der Waals surface area contributed by atoms with Crippen LogP contribution >= 0.6 is 23.2 Å². The van der Waals surface area contributed by atoms with Crippen LogP contribution < -0.4 is 10.1 Å². The van der Waals surface area contributed by atoms with Crippen molar-refractivity contribution in [1.82, 2.24) is 25.1 Å². The van der Waals surface area contributed by atoms with Gasteiger partial charge in [-0.05, 0) is 18.2 Å². The third kappa shape index (κ3) is 3.11. The Kier molecular flexibility index (Phi) is 4.48. The number of halogens is 2. The maximum atomic E-state index is 12.5. The van der Waals surface area contributed by atoms with E-state index in [-0.39, 0.29) is 17.6 Å². The van der Waals surface area contributed by atoms with E-state index in [1.165, 1.54) is 0 Å². The molecular weight excluding hydrogens is 377 g/mol. The van der Waals surface area contributed by atoms with Gasteiger partial charge >= 0.3 is 0 Å². The summed E-state index contributed by atoms with van der Waals surface area (Å²) in [6.07, 6.45) is 5.62. The van der Waals surface area contributed by atoms with Crippen LogP contribution in [0.25, 0.3) is 5.82 Å². The Balaban J connectivity index is 1.53. The Labute approximate surface area is 158 Å². The molecule has 3 heterocycles. The molecule has 0 bridgehead atoms. The molecule has 0 aliphatic carbocycles. The number of rotatable bonds is 3. The van der Waals surface area contributed by atoms with Gasteiger partial charge in [0.05, 0.1) is 17.7 Å². The number of benzene rings is 1. The Hall–Kier alpha value is -2.64. The molecule has 0 saturated heterocycles. The fraction of sp³-hybridized carbons (Fsp3) is 0.176. The number of nitrogens with one attached hydrogen (secondary N) is 1. The van der Waals surface area contributed by atoms with Gasteiger partial charge < -0.3 is 10.1 Å². The highest BCUT2D eigenvalue weighted by Gasteiger charge is 2.26. The number of nitrogens with zero attached hydrogens (tertiary/aromatic N) is 4. The van der Waals surface area contributed by atoms with E-state index in [1.54, 1.807) is 41.5 Å². The number of carbonyl (C=O) groups is 1. The Morgan fingerprint density at radius 3 is 2.85 bits per heavy atom. The lowest BCUT2D eigenvalue weighted by Gasteiger charge is -2.27. The molecule has 0 radical (unpaired) electrons. The Morgan fingerprint density at radius 1 is 1.23 bits per heavy atom. The fourth-order valence-electron chi connectivity index (χ4n) is 2.76. The van der Waals surface area contributed by atoms with Crippen LogP contribution in [-0.2, 0) is 0 Å². The molecule has 4 rings (SSSR count). The molecule has 3 aromatic rings. The lowest BCUT2D eigenvalue weighted by atomic mass is 10.0. The van der Waals surface area contributed by atoms with Crippen molar-refractivity contribution in [2.45, 2.75) is 12.5 Å². The SMILES string of the molecule is O=C(NC1CCOc2c1ccc(Cl)c2Cl)c1ccc(-n2ccnc2)nn1. The maximum absolute atomic E-state index is 12.5. The van der Waals surface area contributed by atoms with E-state index in [0.29, 0.717) is 34.6 Å². The number of hydrogen-bond donors (Lipinski definition) is 1. The average Bonchev–Trinajstić information content (AvgIpc) is 3.20. The van der Waals surface area contributed by atoms with Gasteiger partial charge in [-0.2, -0.15) is 0 Å². The zero-order chi connectivity index (χ0) is 18.1. The molecule has 1 atom stereocenters. The number of fused-ring (bicyclic) bond motifs is 1. The number of carbonyl (C=O) groups excluding carboxylic acids is 1. The van der Waals surface area contributed by atoms with Crippen molar-refractivity contribution in [3.05, 3.63) is 64.3 Å². The van der Waals surface area contributed by atoms with Crippen LogP contribution in [0.4, 0.5) is 0 Å². The van der Waals surface area contributed by atoms with Gasteiger partial charge in [0.25, 0.3) is 5.91 Å². The van der Waals surface area contributed by atoms with Gasteiger partial charge in [0.1, 0.15) is 17.1 Å². The third-order valence-corrected chi connectivity index (χ3v) is 4.85. The molecule has 132 valence electrons. The summed E-state index contributed by atoms with van der Waals surface area (Å²) in [5, 5.41) is 11.8. The van der Waals surface area contributed by atoms with Crippen molar-refractivity contribution in [2.75, 3.05) is 6.61 Å². The van der Waals surface area contributed by atoms with Crippen molar-refractivity contribution >= 4 is 29.1 Å². The second kappa shape index (κ2) is 6.93. The van der Waals surface area contributed by atoms with Crippen molar-refractivity contribution in [3.8, 4) is 11.6 Å². The summed E-state index contributed by atoms with van der Waals surface area (Å²) < 4.78 is 7.31. The molecule has 26 heavy (non-hydrogen) atoms. The first-order valence-electron chi connectivity index (χ1n) is 7.87. The van der Waals surface area contributed by atoms with Crippen LogP contribution in [0.5, 0.6) is 5.75 Å². The smallest absolute Gasteiger partial charge is 0.272 e. The molecule has 1 aliphatic heterocycles. The van der Waals surface area contributed by atoms with Gasteiger partial charge in [-0.1, -0.05) is 29.3 Å². The first-order chi connectivity index (χ1) is 12.6. The second-order valence-corrected chi connectivity index (χ2v) is 6.47. The highest BCUT2D eigenvalue weighted by atomic mass is 35.5. The fourth-order valence-corrected chi connectivity index (χ4v) is 3.14. The van der Waals surface area contributed by atoms with E-state index in [9.17, 15) is 4.79 Å². The molecule has 1 unspecified atom stereocenters. The lowest BCUT2D eigenvalue weighted by molar-refractivity contribution is 0.0918. The van der Waals surface area contributed by atoms with E-state index in [0.717, 1.165) is 5.56 Å². The monoisotopic (exact) mass is 389 g/mol. The number of imidazole rings is 1. The summed E-state index contributed by atoms with van der Waals surface area (Å²) in [7, 11) is 0. The first kappa shape index (κ1) is 16.8. The van der Waals surface area contributed by atoms with Crippen LogP contribution in [0.15, 0.2) is 43.0 Å². The molecule has 0 fully saturated rings. The largest absolute Gasteiger partial charge is 0.492 e. The van der Waals surface area contributed by atoms with E-state index >= 15 is 0 Å². The van der Waals surface area contributed by atoms with Crippen LogP contribution in [0.2, 0.25) is 10.0 Å². The lowest BCUT2D eigenvalue weighted by Crippen LogP contribution is -2.33. The minimum absolute atomic E-state index is 0.224. The molecule has 9 heteroatoms. The molecule has 7 nitrogen and oxygen atoms in total. The van der Waals surface area contributed by atoms with Crippen molar-refractivity contribution in [3.63, 3.8) is 0 Å². The maximum Gasteiger partial charge on any atom is 0.272 e. The molecule has 0 saturated carbocycles. The number of aromatic nitrogens is 4. The molecule has 1 N–H and O–H groups in total. The summed E-state index contributed by atoms with van der Waals surface area (Å²) in [6.45, 7) is 0.434. The van der Waals surface area contributed by atoms with Crippen molar-refractivity contribution in [2.24, 2.45) is 0 Å². The van der Waals surface area contributed by atoms with E-state index < -0.39 is 0 Å². The number of ether oxygens (including phenoxy) is 1. The van der Waals surface area contributed by atoms with Crippen molar-refractivity contribution < 1.29 is 9.53 Å². The number of amides is 1. The zero-order valence-electron chi connectivity index (χ0n) is 13.4. The normalized spacial score (nSPS) is 15.8. The summed E-state index contributed by atoms with van der Waals surface area (Å²) in [5.41, 5.74) is 1.02. The summed E-state index contributed by atoms with van der Waals surface area (Å²) in [4.78, 5) is 16.5. The second-order valence-electron chi connectivity index (χ2n) is 5.69. The summed E-state index contributed by atoms with van der Waals surface area (Å²) in [6, 6.07) is 6.58. The highest BCUT2D eigenvalue weighted by molar-refractivity contribution is 6.43. The molecule has 1 aliphatic rings. The predicted molar refractivity (Wildman–Crippen MR) is 95.9 cm³/mol. The van der Waals surface area contributed by atoms with E-state index in [2.05, 4.69) is 20.5 Å².